The van der Waals surface area contributed by atoms with Crippen molar-refractivity contribution < 1.29 is 4.74 Å². The van der Waals surface area contributed by atoms with Crippen molar-refractivity contribution in [3.63, 3.8) is 0 Å². The lowest BCUT2D eigenvalue weighted by molar-refractivity contribution is 0.414. The van der Waals surface area contributed by atoms with Gasteiger partial charge in [-0.25, -0.2) is 0 Å². The second kappa shape index (κ2) is 6.10. The first-order chi connectivity index (χ1) is 9.48. The Morgan fingerprint density at radius 3 is 2.25 bits per heavy atom. The molecule has 2 heteroatoms. The summed E-state index contributed by atoms with van der Waals surface area (Å²) >= 11 is 0. The van der Waals surface area contributed by atoms with E-state index in [0.29, 0.717) is 0 Å². The first-order valence-corrected chi connectivity index (χ1v) is 6.96. The first kappa shape index (κ1) is 14.6. The van der Waals surface area contributed by atoms with Gasteiger partial charge in [0.05, 0.1) is 7.11 Å². The fourth-order valence-electron chi connectivity index (χ4n) is 2.56. The molecule has 0 aromatic heterocycles. The Morgan fingerprint density at radius 1 is 1.00 bits per heavy atom. The molecule has 0 aliphatic carbocycles. The number of methoxy groups -OCH3 is 1. The molecule has 0 radical (unpaired) electrons. The van der Waals surface area contributed by atoms with Crippen molar-refractivity contribution in [2.45, 2.75) is 32.2 Å². The van der Waals surface area contributed by atoms with Gasteiger partial charge in [0.15, 0.2) is 0 Å². The van der Waals surface area contributed by atoms with Crippen molar-refractivity contribution in [3.05, 3.63) is 65.2 Å². The van der Waals surface area contributed by atoms with E-state index in [1.807, 2.05) is 12.1 Å². The predicted octanol–water partition coefficient (Wildman–Crippen LogP) is 3.51. The van der Waals surface area contributed by atoms with Gasteiger partial charge in [-0.3, -0.25) is 0 Å². The van der Waals surface area contributed by atoms with E-state index in [4.69, 9.17) is 10.5 Å². The maximum absolute atomic E-state index is 6.47. The summed E-state index contributed by atoms with van der Waals surface area (Å²) in [6.07, 6.45) is 1.73. The van der Waals surface area contributed by atoms with Crippen LogP contribution < -0.4 is 10.5 Å². The number of benzene rings is 2. The molecule has 0 aliphatic heterocycles. The van der Waals surface area contributed by atoms with Gasteiger partial charge >= 0.3 is 0 Å². The zero-order valence-corrected chi connectivity index (χ0v) is 12.5. The Bertz CT molecular complexity index is 558. The van der Waals surface area contributed by atoms with Crippen LogP contribution in [0, 0.1) is 6.92 Å². The molecule has 2 N–H and O–H groups in total. The summed E-state index contributed by atoms with van der Waals surface area (Å²) in [5, 5.41) is 0. The molecular formula is C18H23NO. The highest BCUT2D eigenvalue weighted by molar-refractivity contribution is 5.29. The number of rotatable bonds is 5. The molecule has 0 fully saturated rings. The molecule has 0 heterocycles. The van der Waals surface area contributed by atoms with Crippen LogP contribution in [0.5, 0.6) is 5.75 Å². The first-order valence-electron chi connectivity index (χ1n) is 6.96. The van der Waals surface area contributed by atoms with E-state index < -0.39 is 0 Å². The molecule has 0 saturated heterocycles. The highest BCUT2D eigenvalue weighted by atomic mass is 16.5. The normalized spacial score (nSPS) is 13.8. The van der Waals surface area contributed by atoms with Crippen molar-refractivity contribution in [2.75, 3.05) is 7.11 Å². The summed E-state index contributed by atoms with van der Waals surface area (Å²) in [5.41, 5.74) is 10.0. The number of ether oxygens (including phenoxy) is 1. The zero-order valence-electron chi connectivity index (χ0n) is 12.5. The smallest absolute Gasteiger partial charge is 0.118 e. The summed E-state index contributed by atoms with van der Waals surface area (Å²) in [7, 11) is 1.68. The lowest BCUT2D eigenvalue weighted by Crippen LogP contribution is -2.40. The van der Waals surface area contributed by atoms with Gasteiger partial charge in [0, 0.05) is 5.54 Å². The molecule has 20 heavy (non-hydrogen) atoms. The standard InChI is InChI=1S/C18H23NO/c1-14-5-4-6-16(11-14)13-18(2,19)12-15-7-9-17(20-3)10-8-15/h4-11H,12-13,19H2,1-3H3. The summed E-state index contributed by atoms with van der Waals surface area (Å²) in [6, 6.07) is 16.7. The molecule has 106 valence electrons. The Kier molecular flexibility index (Phi) is 4.46. The summed E-state index contributed by atoms with van der Waals surface area (Å²) in [4.78, 5) is 0. The summed E-state index contributed by atoms with van der Waals surface area (Å²) in [5.74, 6) is 0.881. The fourth-order valence-corrected chi connectivity index (χ4v) is 2.56. The second-order valence-electron chi connectivity index (χ2n) is 5.84. The monoisotopic (exact) mass is 269 g/mol. The Morgan fingerprint density at radius 2 is 1.65 bits per heavy atom. The van der Waals surface area contributed by atoms with Crippen molar-refractivity contribution >= 4 is 0 Å². The summed E-state index contributed by atoms with van der Waals surface area (Å²) in [6.45, 7) is 4.22. The Hall–Kier alpha value is -1.80. The van der Waals surface area contributed by atoms with Crippen LogP contribution in [0.25, 0.3) is 0 Å². The van der Waals surface area contributed by atoms with Gasteiger partial charge in [0.25, 0.3) is 0 Å². The molecule has 0 bridgehead atoms. The lowest BCUT2D eigenvalue weighted by Gasteiger charge is -2.25. The number of hydrogen-bond donors (Lipinski definition) is 1. The molecular weight excluding hydrogens is 246 g/mol. The van der Waals surface area contributed by atoms with Crippen LogP contribution in [-0.2, 0) is 12.8 Å². The van der Waals surface area contributed by atoms with Crippen LogP contribution in [0.2, 0.25) is 0 Å². The Labute approximate surface area is 121 Å². The average Bonchev–Trinajstić information content (AvgIpc) is 2.38. The second-order valence-corrected chi connectivity index (χ2v) is 5.84. The topological polar surface area (TPSA) is 35.2 Å². The van der Waals surface area contributed by atoms with Crippen LogP contribution in [-0.4, -0.2) is 12.6 Å². The molecule has 2 aromatic rings. The lowest BCUT2D eigenvalue weighted by atomic mass is 9.87. The minimum absolute atomic E-state index is 0.248. The van der Waals surface area contributed by atoms with E-state index in [1.165, 1.54) is 16.7 Å². The van der Waals surface area contributed by atoms with Gasteiger partial charge in [-0.2, -0.15) is 0 Å². The van der Waals surface area contributed by atoms with Crippen LogP contribution in [0.3, 0.4) is 0 Å². The van der Waals surface area contributed by atoms with Gasteiger partial charge < -0.3 is 10.5 Å². The fraction of sp³-hybridized carbons (Fsp3) is 0.333. The van der Waals surface area contributed by atoms with E-state index in [9.17, 15) is 0 Å². The third-order valence-corrected chi connectivity index (χ3v) is 3.46. The predicted molar refractivity (Wildman–Crippen MR) is 84.2 cm³/mol. The number of aryl methyl sites for hydroxylation is 1. The van der Waals surface area contributed by atoms with E-state index in [2.05, 4.69) is 50.2 Å². The average molecular weight is 269 g/mol. The van der Waals surface area contributed by atoms with Crippen molar-refractivity contribution in [3.8, 4) is 5.75 Å². The highest BCUT2D eigenvalue weighted by Crippen LogP contribution is 2.19. The molecule has 0 amide bonds. The Balaban J connectivity index is 2.06. The van der Waals surface area contributed by atoms with Crippen LogP contribution in [0.1, 0.15) is 23.6 Å². The third-order valence-electron chi connectivity index (χ3n) is 3.46. The molecule has 0 spiro atoms. The maximum atomic E-state index is 6.47. The number of nitrogens with two attached hydrogens (primary N) is 1. The molecule has 1 atom stereocenters. The highest BCUT2D eigenvalue weighted by Gasteiger charge is 2.19. The van der Waals surface area contributed by atoms with Gasteiger partial charge in [-0.1, -0.05) is 42.0 Å². The SMILES string of the molecule is COc1ccc(CC(C)(N)Cc2cccc(C)c2)cc1. The van der Waals surface area contributed by atoms with Crippen LogP contribution in [0.15, 0.2) is 48.5 Å². The molecule has 2 rings (SSSR count). The van der Waals surface area contributed by atoms with Gasteiger partial charge in [-0.15, -0.1) is 0 Å². The molecule has 1 unspecified atom stereocenters. The van der Waals surface area contributed by atoms with E-state index in [0.717, 1.165) is 18.6 Å². The van der Waals surface area contributed by atoms with E-state index >= 15 is 0 Å². The molecule has 0 saturated carbocycles. The third kappa shape index (κ3) is 4.10. The maximum Gasteiger partial charge on any atom is 0.118 e. The largest absolute Gasteiger partial charge is 0.497 e. The van der Waals surface area contributed by atoms with E-state index in [-0.39, 0.29) is 5.54 Å². The summed E-state index contributed by atoms with van der Waals surface area (Å²) < 4.78 is 5.18. The minimum atomic E-state index is -0.248. The molecule has 2 aromatic carbocycles. The van der Waals surface area contributed by atoms with Crippen LogP contribution >= 0.6 is 0 Å². The zero-order chi connectivity index (χ0) is 14.6. The number of hydrogen-bond acceptors (Lipinski definition) is 2. The van der Waals surface area contributed by atoms with Gasteiger partial charge in [-0.05, 0) is 49.9 Å². The van der Waals surface area contributed by atoms with Crippen molar-refractivity contribution in [1.82, 2.24) is 0 Å². The minimum Gasteiger partial charge on any atom is -0.497 e. The van der Waals surface area contributed by atoms with Crippen molar-refractivity contribution in [1.29, 1.82) is 0 Å². The van der Waals surface area contributed by atoms with Gasteiger partial charge in [0.1, 0.15) is 5.75 Å². The molecule has 2 nitrogen and oxygen atoms in total. The molecule has 0 aliphatic rings. The van der Waals surface area contributed by atoms with Crippen molar-refractivity contribution in [2.24, 2.45) is 5.73 Å². The quantitative estimate of drug-likeness (QED) is 0.901. The van der Waals surface area contributed by atoms with Gasteiger partial charge in [0.2, 0.25) is 0 Å². The van der Waals surface area contributed by atoms with E-state index in [1.54, 1.807) is 7.11 Å². The van der Waals surface area contributed by atoms with Crippen LogP contribution in [0.4, 0.5) is 0 Å².